The van der Waals surface area contributed by atoms with Crippen LogP contribution in [0.2, 0.25) is 0 Å². The van der Waals surface area contributed by atoms with E-state index in [0.29, 0.717) is 0 Å². The number of ketones is 1. The quantitative estimate of drug-likeness (QED) is 0.608. The molecule has 2 rings (SSSR count). The topological polar surface area (TPSA) is 116 Å². The van der Waals surface area contributed by atoms with Gasteiger partial charge in [-0.05, 0) is 0 Å². The second kappa shape index (κ2) is 7.39. The average molecular weight is 357 g/mol. The molecule has 0 radical (unpaired) electrons. The fourth-order valence-corrected chi connectivity index (χ4v) is 3.02. The van der Waals surface area contributed by atoms with Crippen molar-refractivity contribution in [2.45, 2.75) is 37.9 Å². The Morgan fingerprint density at radius 3 is 2.29 bits per heavy atom. The van der Waals surface area contributed by atoms with Crippen molar-refractivity contribution in [3.05, 3.63) is 30.6 Å². The Morgan fingerprint density at radius 1 is 1.29 bits per heavy atom. The van der Waals surface area contributed by atoms with Crippen LogP contribution in [-0.2, 0) is 19.2 Å². The molecule has 1 aromatic heterocycles. The third-order valence-electron chi connectivity index (χ3n) is 3.82. The molecule has 0 aliphatic carbocycles. The van der Waals surface area contributed by atoms with Crippen LogP contribution in [0.5, 0.6) is 0 Å². The van der Waals surface area contributed by atoms with Crippen molar-refractivity contribution in [3.63, 3.8) is 0 Å². The van der Waals surface area contributed by atoms with Gasteiger partial charge in [-0.3, -0.25) is 14.4 Å². The Labute approximate surface area is 144 Å². The monoisotopic (exact) mass is 356 g/mol. The molecule has 0 bridgehead atoms. The number of hydrogen-bond donors (Lipinski definition) is 3. The van der Waals surface area contributed by atoms with Crippen LogP contribution in [0.25, 0.3) is 0 Å². The number of aromatic nitrogens is 1. The Hall–Kier alpha value is -2.48. The van der Waals surface area contributed by atoms with E-state index in [4.69, 9.17) is 5.11 Å². The molecule has 0 aromatic carbocycles. The van der Waals surface area contributed by atoms with Gasteiger partial charge in [-0.1, -0.05) is 6.07 Å². The number of halogens is 1. The van der Waals surface area contributed by atoms with Crippen LogP contribution in [-0.4, -0.2) is 40.3 Å². The second-order valence-electron chi connectivity index (χ2n) is 5.56. The molecule has 3 unspecified atom stereocenters. The number of carboxylic acid groups (broad SMARTS) is 1. The van der Waals surface area contributed by atoms with E-state index in [-0.39, 0.29) is 24.6 Å². The van der Waals surface area contributed by atoms with Gasteiger partial charge in [0.25, 0.3) is 5.91 Å². The molecular formula is C15H19ClN3O5+. The Bertz CT molecular complexity index is 666. The number of rotatable bonds is 5. The number of aliphatic carboxylic acids is 1. The largest absolute Gasteiger partial charge is 0.480 e. The number of nitrogens with one attached hydrogen (secondary N) is 2. The van der Waals surface area contributed by atoms with Crippen molar-refractivity contribution in [2.75, 3.05) is 0 Å². The zero-order chi connectivity index (χ0) is 17.2. The Morgan fingerprint density at radius 2 is 1.88 bits per heavy atom. The van der Waals surface area contributed by atoms with Crippen LogP contribution in [0.1, 0.15) is 26.3 Å². The van der Waals surface area contributed by atoms with E-state index >= 15 is 0 Å². The first-order valence-corrected chi connectivity index (χ1v) is 7.06. The summed E-state index contributed by atoms with van der Waals surface area (Å²) >= 11 is 0. The van der Waals surface area contributed by atoms with Crippen molar-refractivity contribution >= 4 is 36.0 Å². The van der Waals surface area contributed by atoms with E-state index in [2.05, 4.69) is 10.6 Å². The first-order valence-electron chi connectivity index (χ1n) is 7.06. The van der Waals surface area contributed by atoms with E-state index in [0.717, 1.165) is 0 Å². The molecule has 1 aliphatic heterocycles. The van der Waals surface area contributed by atoms with Crippen molar-refractivity contribution in [2.24, 2.45) is 0 Å². The van der Waals surface area contributed by atoms with Crippen molar-refractivity contribution < 1.29 is 28.9 Å². The summed E-state index contributed by atoms with van der Waals surface area (Å²) in [4.78, 5) is 47.6. The van der Waals surface area contributed by atoms with Gasteiger partial charge in [0, 0.05) is 32.4 Å². The molecule has 2 heterocycles. The zero-order valence-electron chi connectivity index (χ0n) is 13.2. The maximum absolute atomic E-state index is 12.5. The lowest BCUT2D eigenvalue weighted by atomic mass is 9.83. The summed E-state index contributed by atoms with van der Waals surface area (Å²) < 4.78 is 1.50. The molecule has 2 amide bonds. The van der Waals surface area contributed by atoms with Gasteiger partial charge in [-0.15, -0.1) is 12.4 Å². The molecule has 9 heteroatoms. The maximum atomic E-state index is 12.5. The van der Waals surface area contributed by atoms with Gasteiger partial charge in [0.15, 0.2) is 17.9 Å². The van der Waals surface area contributed by atoms with E-state index in [1.165, 1.54) is 18.4 Å². The predicted octanol–water partition coefficient (Wildman–Crippen LogP) is -0.626. The highest BCUT2D eigenvalue weighted by Crippen LogP contribution is 2.30. The highest BCUT2D eigenvalue weighted by atomic mass is 35.5. The first kappa shape index (κ1) is 19.6. The number of Topliss-reactive ketones (excluding diaryl/α,β-unsaturated/α-hetero) is 1. The highest BCUT2D eigenvalue weighted by molar-refractivity contribution is 6.01. The lowest BCUT2D eigenvalue weighted by Crippen LogP contribution is -2.66. The third-order valence-corrected chi connectivity index (χ3v) is 3.82. The first-order chi connectivity index (χ1) is 10.8. The summed E-state index contributed by atoms with van der Waals surface area (Å²) in [5.41, 5.74) is -1.65. The number of nitrogens with zero attached hydrogens (tertiary/aromatic N) is 1. The van der Waals surface area contributed by atoms with Crippen LogP contribution in [0.3, 0.4) is 0 Å². The van der Waals surface area contributed by atoms with Crippen LogP contribution in [0.15, 0.2) is 30.6 Å². The fraction of sp³-hybridized carbons (Fsp3) is 0.400. The standard InChI is InChI=1S/C15H17N3O5.ClH/c1-9(19)12(18-6-4-3-5-7-18)15(17-10(2)20)8-11(13(21)22)16-14(15)23;/h3-7,11-12H,8H2,1-2H3,(H2-,16,17,20,21,22,23);1H/p+1. The van der Waals surface area contributed by atoms with Crippen molar-refractivity contribution in [1.29, 1.82) is 0 Å². The van der Waals surface area contributed by atoms with Crippen LogP contribution >= 0.6 is 12.4 Å². The summed E-state index contributed by atoms with van der Waals surface area (Å²) in [5, 5.41) is 14.0. The van der Waals surface area contributed by atoms with Gasteiger partial charge in [0.1, 0.15) is 6.04 Å². The smallest absolute Gasteiger partial charge is 0.326 e. The average Bonchev–Trinajstić information content (AvgIpc) is 2.77. The predicted molar refractivity (Wildman–Crippen MR) is 84.3 cm³/mol. The Balaban J connectivity index is 0.00000288. The molecule has 8 nitrogen and oxygen atoms in total. The molecular weight excluding hydrogens is 338 g/mol. The van der Waals surface area contributed by atoms with E-state index in [1.807, 2.05) is 0 Å². The highest BCUT2D eigenvalue weighted by Gasteiger charge is 2.60. The summed E-state index contributed by atoms with van der Waals surface area (Å²) in [7, 11) is 0. The van der Waals surface area contributed by atoms with Crippen molar-refractivity contribution in [3.8, 4) is 0 Å². The number of hydrogen-bond acceptors (Lipinski definition) is 4. The third kappa shape index (κ3) is 3.53. The van der Waals surface area contributed by atoms with Gasteiger partial charge in [-0.2, -0.15) is 4.57 Å². The molecule has 3 atom stereocenters. The van der Waals surface area contributed by atoms with E-state index < -0.39 is 35.4 Å². The number of amides is 2. The summed E-state index contributed by atoms with van der Waals surface area (Å²) in [6.07, 6.45) is 2.97. The van der Waals surface area contributed by atoms with Gasteiger partial charge >= 0.3 is 5.97 Å². The number of pyridine rings is 1. The Kier molecular flexibility index (Phi) is 6.03. The minimum Gasteiger partial charge on any atom is -0.480 e. The fourth-order valence-electron chi connectivity index (χ4n) is 3.02. The zero-order valence-corrected chi connectivity index (χ0v) is 14.0. The SMILES string of the molecule is CC(=O)NC1(C(C(C)=O)[n+]2ccccc2)CC(C(=O)O)NC1=O.Cl. The minimum absolute atomic E-state index is 0. The molecule has 1 fully saturated rings. The molecule has 1 aliphatic rings. The second-order valence-corrected chi connectivity index (χ2v) is 5.56. The molecule has 0 saturated carbocycles. The van der Waals surface area contributed by atoms with Crippen molar-refractivity contribution in [1.82, 2.24) is 10.6 Å². The number of carbonyl (C=O) groups is 4. The molecule has 3 N–H and O–H groups in total. The molecule has 130 valence electrons. The lowest BCUT2D eigenvalue weighted by Gasteiger charge is -2.30. The van der Waals surface area contributed by atoms with Gasteiger partial charge in [0.05, 0.1) is 0 Å². The van der Waals surface area contributed by atoms with Gasteiger partial charge < -0.3 is 15.7 Å². The maximum Gasteiger partial charge on any atom is 0.326 e. The lowest BCUT2D eigenvalue weighted by molar-refractivity contribution is -0.714. The van der Waals surface area contributed by atoms with Gasteiger partial charge in [-0.25, -0.2) is 4.79 Å². The van der Waals surface area contributed by atoms with E-state index in [9.17, 15) is 19.2 Å². The van der Waals surface area contributed by atoms with E-state index in [1.54, 1.807) is 30.6 Å². The number of carboxylic acids is 1. The number of carbonyl (C=O) groups excluding carboxylic acids is 3. The summed E-state index contributed by atoms with van der Waals surface area (Å²) in [5.74, 6) is -2.78. The molecule has 1 aromatic rings. The summed E-state index contributed by atoms with van der Waals surface area (Å²) in [6.45, 7) is 2.52. The molecule has 24 heavy (non-hydrogen) atoms. The van der Waals surface area contributed by atoms with Gasteiger partial charge in [0.2, 0.25) is 17.7 Å². The molecule has 1 saturated heterocycles. The minimum atomic E-state index is -1.65. The van der Waals surface area contributed by atoms with Crippen LogP contribution in [0.4, 0.5) is 0 Å². The van der Waals surface area contributed by atoms with Crippen LogP contribution < -0.4 is 15.2 Å². The normalized spacial score (nSPS) is 23.6. The van der Waals surface area contributed by atoms with Crippen LogP contribution in [0, 0.1) is 0 Å². The molecule has 0 spiro atoms. The summed E-state index contributed by atoms with van der Waals surface area (Å²) in [6, 6.07) is 2.89.